The van der Waals surface area contributed by atoms with Gasteiger partial charge in [-0.3, -0.25) is 4.99 Å². The van der Waals surface area contributed by atoms with Crippen molar-refractivity contribution in [3.8, 4) is 0 Å². The molecule has 1 aliphatic rings. The minimum atomic E-state index is 0.178. The predicted molar refractivity (Wildman–Crippen MR) is 77.8 cm³/mol. The van der Waals surface area contributed by atoms with Gasteiger partial charge in [0.15, 0.2) is 0 Å². The molecule has 0 aromatic carbocycles. The van der Waals surface area contributed by atoms with Gasteiger partial charge >= 0.3 is 0 Å². The highest BCUT2D eigenvalue weighted by Gasteiger charge is 2.16. The van der Waals surface area contributed by atoms with Gasteiger partial charge in [-0.05, 0) is 38.0 Å². The van der Waals surface area contributed by atoms with Crippen molar-refractivity contribution in [1.82, 2.24) is 5.32 Å². The van der Waals surface area contributed by atoms with Gasteiger partial charge in [-0.25, -0.2) is 0 Å². The normalized spacial score (nSPS) is 19.8. The van der Waals surface area contributed by atoms with E-state index >= 15 is 0 Å². The van der Waals surface area contributed by atoms with E-state index in [0.717, 1.165) is 31.8 Å². The van der Waals surface area contributed by atoms with Crippen molar-refractivity contribution in [2.24, 2.45) is 10.4 Å². The molecule has 3 nitrogen and oxygen atoms in total. The Balaban J connectivity index is 2.71. The van der Waals surface area contributed by atoms with Gasteiger partial charge in [0.2, 0.25) is 0 Å². The second-order valence-electron chi connectivity index (χ2n) is 5.88. The van der Waals surface area contributed by atoms with Crippen LogP contribution in [0.15, 0.2) is 28.5 Å². The standard InChI is InChI=1S/C15H26N2O/c1-12(15(2,3)4)10-14(11-16-5)17-13-6-8-18-9-7-13/h10-11,13,17H,5-9H2,1-4H3/b12-10+,14-11+. The van der Waals surface area contributed by atoms with Crippen LogP contribution in [0.25, 0.3) is 0 Å². The average molecular weight is 250 g/mol. The predicted octanol–water partition coefficient (Wildman–Crippen LogP) is 3.29. The lowest BCUT2D eigenvalue weighted by molar-refractivity contribution is 0.0806. The highest BCUT2D eigenvalue weighted by molar-refractivity contribution is 5.30. The number of allylic oxidation sites excluding steroid dienone is 2. The molecule has 0 amide bonds. The maximum absolute atomic E-state index is 5.37. The molecule has 3 heteroatoms. The molecule has 0 spiro atoms. The van der Waals surface area contributed by atoms with Crippen LogP contribution in [0.4, 0.5) is 0 Å². The Bertz CT molecular complexity index is 331. The summed E-state index contributed by atoms with van der Waals surface area (Å²) in [6.07, 6.45) is 6.07. The second kappa shape index (κ2) is 6.74. The Hall–Kier alpha value is -1.09. The summed E-state index contributed by atoms with van der Waals surface area (Å²) in [5, 5.41) is 3.53. The van der Waals surface area contributed by atoms with E-state index in [1.54, 1.807) is 6.20 Å². The first-order chi connectivity index (χ1) is 8.43. The van der Waals surface area contributed by atoms with E-state index in [1.807, 2.05) is 0 Å². The monoisotopic (exact) mass is 250 g/mol. The van der Waals surface area contributed by atoms with Gasteiger partial charge in [-0.2, -0.15) is 0 Å². The highest BCUT2D eigenvalue weighted by atomic mass is 16.5. The molecule has 0 bridgehead atoms. The van der Waals surface area contributed by atoms with Crippen molar-refractivity contribution in [3.05, 3.63) is 23.5 Å². The van der Waals surface area contributed by atoms with Crippen LogP contribution >= 0.6 is 0 Å². The minimum absolute atomic E-state index is 0.178. The van der Waals surface area contributed by atoms with Crippen LogP contribution in [0.2, 0.25) is 0 Å². The van der Waals surface area contributed by atoms with Gasteiger partial charge < -0.3 is 10.1 Å². The summed E-state index contributed by atoms with van der Waals surface area (Å²) >= 11 is 0. The van der Waals surface area contributed by atoms with Crippen molar-refractivity contribution < 1.29 is 4.74 Å². The third-order valence-electron chi connectivity index (χ3n) is 3.38. The molecule has 0 radical (unpaired) electrons. The van der Waals surface area contributed by atoms with E-state index in [4.69, 9.17) is 4.74 Å². The van der Waals surface area contributed by atoms with Crippen LogP contribution in [0, 0.1) is 5.41 Å². The number of nitrogens with zero attached hydrogens (tertiary/aromatic N) is 1. The third kappa shape index (κ3) is 5.05. The Morgan fingerprint density at radius 2 is 1.94 bits per heavy atom. The number of nitrogens with one attached hydrogen (secondary N) is 1. The highest BCUT2D eigenvalue weighted by Crippen LogP contribution is 2.25. The quantitative estimate of drug-likeness (QED) is 0.613. The summed E-state index contributed by atoms with van der Waals surface area (Å²) in [5.74, 6) is 0. The van der Waals surface area contributed by atoms with Crippen LogP contribution in [0.3, 0.4) is 0 Å². The zero-order chi connectivity index (χ0) is 13.6. The van der Waals surface area contributed by atoms with Crippen LogP contribution in [-0.2, 0) is 4.74 Å². The molecule has 0 atom stereocenters. The topological polar surface area (TPSA) is 33.6 Å². The van der Waals surface area contributed by atoms with E-state index in [1.165, 1.54) is 5.57 Å². The van der Waals surface area contributed by atoms with Gasteiger partial charge in [0.1, 0.15) is 0 Å². The molecule has 1 rings (SSSR count). The zero-order valence-electron chi connectivity index (χ0n) is 12.1. The van der Waals surface area contributed by atoms with E-state index < -0.39 is 0 Å². The van der Waals surface area contributed by atoms with E-state index in [0.29, 0.717) is 6.04 Å². The number of hydrogen-bond acceptors (Lipinski definition) is 3. The number of rotatable bonds is 4. The summed E-state index contributed by atoms with van der Waals surface area (Å²) in [7, 11) is 0. The summed E-state index contributed by atoms with van der Waals surface area (Å²) in [4.78, 5) is 3.89. The fourth-order valence-corrected chi connectivity index (χ4v) is 1.74. The Morgan fingerprint density at radius 3 is 2.44 bits per heavy atom. The zero-order valence-corrected chi connectivity index (χ0v) is 12.1. The molecule has 0 unspecified atom stereocenters. The molecule has 1 saturated heterocycles. The lowest BCUT2D eigenvalue weighted by Gasteiger charge is -2.26. The average Bonchev–Trinajstić information content (AvgIpc) is 2.29. The minimum Gasteiger partial charge on any atom is -0.381 e. The summed E-state index contributed by atoms with van der Waals surface area (Å²) in [5.41, 5.74) is 2.55. The molecule has 1 fully saturated rings. The largest absolute Gasteiger partial charge is 0.381 e. The summed E-state index contributed by atoms with van der Waals surface area (Å²) < 4.78 is 5.37. The fourth-order valence-electron chi connectivity index (χ4n) is 1.74. The molecule has 1 N–H and O–H groups in total. The molecule has 0 aromatic heterocycles. The summed E-state index contributed by atoms with van der Waals surface area (Å²) in [6.45, 7) is 14.0. The van der Waals surface area contributed by atoms with Gasteiger partial charge in [-0.15, -0.1) is 0 Å². The van der Waals surface area contributed by atoms with Crippen molar-refractivity contribution in [1.29, 1.82) is 0 Å². The summed E-state index contributed by atoms with van der Waals surface area (Å²) in [6, 6.07) is 0.482. The second-order valence-corrected chi connectivity index (χ2v) is 5.88. The first-order valence-corrected chi connectivity index (χ1v) is 6.62. The molecule has 18 heavy (non-hydrogen) atoms. The number of hydrogen-bond donors (Lipinski definition) is 1. The van der Waals surface area contributed by atoms with Gasteiger partial charge in [0, 0.05) is 25.5 Å². The van der Waals surface area contributed by atoms with Gasteiger partial charge in [-0.1, -0.05) is 26.3 Å². The first kappa shape index (κ1) is 15.0. The lowest BCUT2D eigenvalue weighted by Crippen LogP contribution is -2.34. The molecule has 102 valence electrons. The van der Waals surface area contributed by atoms with Crippen LogP contribution in [0.5, 0.6) is 0 Å². The SMILES string of the molecule is C=N/C=C(\C=C(/C)C(C)(C)C)NC1CCOCC1. The Kier molecular flexibility index (Phi) is 5.60. The van der Waals surface area contributed by atoms with Gasteiger partial charge in [0.25, 0.3) is 0 Å². The third-order valence-corrected chi connectivity index (χ3v) is 3.38. The smallest absolute Gasteiger partial charge is 0.0527 e. The lowest BCUT2D eigenvalue weighted by atomic mass is 9.87. The van der Waals surface area contributed by atoms with Crippen molar-refractivity contribution >= 4 is 6.72 Å². The maximum Gasteiger partial charge on any atom is 0.0527 e. The fraction of sp³-hybridized carbons (Fsp3) is 0.667. The molecule has 0 aliphatic carbocycles. The van der Waals surface area contributed by atoms with Crippen molar-refractivity contribution in [2.45, 2.75) is 46.6 Å². The molecule has 0 saturated carbocycles. The van der Waals surface area contributed by atoms with Gasteiger partial charge in [0.05, 0.1) is 5.70 Å². The van der Waals surface area contributed by atoms with Crippen molar-refractivity contribution in [2.75, 3.05) is 13.2 Å². The van der Waals surface area contributed by atoms with Crippen LogP contribution in [-0.4, -0.2) is 26.0 Å². The molecule has 1 heterocycles. The first-order valence-electron chi connectivity index (χ1n) is 6.62. The molecule has 0 aromatic rings. The molecular formula is C15H26N2O. The Labute approximate surface area is 111 Å². The van der Waals surface area contributed by atoms with E-state index in [-0.39, 0.29) is 5.41 Å². The number of aliphatic imine (C=N–C) groups is 1. The maximum atomic E-state index is 5.37. The van der Waals surface area contributed by atoms with Crippen molar-refractivity contribution in [3.63, 3.8) is 0 Å². The number of ether oxygens (including phenoxy) is 1. The van der Waals surface area contributed by atoms with Crippen LogP contribution in [0.1, 0.15) is 40.5 Å². The van der Waals surface area contributed by atoms with E-state index in [9.17, 15) is 0 Å². The van der Waals surface area contributed by atoms with Crippen LogP contribution < -0.4 is 5.32 Å². The van der Waals surface area contributed by atoms with E-state index in [2.05, 4.69) is 50.8 Å². The molecular weight excluding hydrogens is 224 g/mol. The molecule has 1 aliphatic heterocycles. The Morgan fingerprint density at radius 1 is 1.33 bits per heavy atom.